The van der Waals surface area contributed by atoms with Crippen molar-refractivity contribution in [3.8, 4) is 0 Å². The number of carbonyl (C=O) groups excluding carboxylic acids is 1. The van der Waals surface area contributed by atoms with Gasteiger partial charge in [0.05, 0.1) is 8.66 Å². The van der Waals surface area contributed by atoms with E-state index in [0.29, 0.717) is 12.5 Å². The van der Waals surface area contributed by atoms with Crippen LogP contribution < -0.4 is 15.1 Å². The predicted octanol–water partition coefficient (Wildman–Crippen LogP) is -0.434. The van der Waals surface area contributed by atoms with Crippen LogP contribution in [0, 0.1) is 5.92 Å². The molecule has 0 spiro atoms. The SMILES string of the molecule is CC(C)CNC(=O)C[NH+]1CC[NH+](Cc2ccc(Br)s2)CC1. The van der Waals surface area contributed by atoms with Gasteiger partial charge in [-0.25, -0.2) is 0 Å². The van der Waals surface area contributed by atoms with E-state index in [4.69, 9.17) is 0 Å². The summed E-state index contributed by atoms with van der Waals surface area (Å²) >= 11 is 5.35. The number of quaternary nitrogens is 2. The highest BCUT2D eigenvalue weighted by Gasteiger charge is 2.25. The maximum absolute atomic E-state index is 11.8. The van der Waals surface area contributed by atoms with Crippen LogP contribution in [0.2, 0.25) is 0 Å². The smallest absolute Gasteiger partial charge is 0.275 e. The number of nitrogens with one attached hydrogen (secondary N) is 3. The van der Waals surface area contributed by atoms with Gasteiger partial charge in [-0.1, -0.05) is 13.8 Å². The van der Waals surface area contributed by atoms with Crippen LogP contribution in [0.3, 0.4) is 0 Å². The minimum atomic E-state index is 0.198. The summed E-state index contributed by atoms with van der Waals surface area (Å²) in [5.41, 5.74) is 0. The average molecular weight is 376 g/mol. The van der Waals surface area contributed by atoms with Gasteiger partial charge >= 0.3 is 0 Å². The third kappa shape index (κ3) is 6.06. The van der Waals surface area contributed by atoms with Crippen LogP contribution in [-0.4, -0.2) is 45.2 Å². The van der Waals surface area contributed by atoms with Crippen molar-refractivity contribution in [1.82, 2.24) is 5.32 Å². The first-order valence-corrected chi connectivity index (χ1v) is 9.32. The lowest BCUT2D eigenvalue weighted by molar-refractivity contribution is -1.01. The highest BCUT2D eigenvalue weighted by Crippen LogP contribution is 2.21. The van der Waals surface area contributed by atoms with Gasteiger partial charge in [0.2, 0.25) is 0 Å². The van der Waals surface area contributed by atoms with Crippen LogP contribution in [-0.2, 0) is 11.3 Å². The molecular formula is C15H26BrN3OS+2. The monoisotopic (exact) mass is 375 g/mol. The first-order chi connectivity index (χ1) is 10.0. The van der Waals surface area contributed by atoms with Crippen molar-refractivity contribution in [3.63, 3.8) is 0 Å². The van der Waals surface area contributed by atoms with E-state index >= 15 is 0 Å². The Bertz CT molecular complexity index is 456. The molecule has 0 bridgehead atoms. The maximum Gasteiger partial charge on any atom is 0.275 e. The van der Waals surface area contributed by atoms with Gasteiger partial charge in [-0.3, -0.25) is 4.79 Å². The molecule has 1 aromatic rings. The Labute approximate surface area is 139 Å². The number of halogens is 1. The van der Waals surface area contributed by atoms with E-state index in [2.05, 4.69) is 47.2 Å². The number of hydrogen-bond acceptors (Lipinski definition) is 2. The number of rotatable bonds is 6. The summed E-state index contributed by atoms with van der Waals surface area (Å²) < 4.78 is 1.21. The Kier molecular flexibility index (Phi) is 6.67. The van der Waals surface area contributed by atoms with Crippen molar-refractivity contribution in [3.05, 3.63) is 20.8 Å². The summed E-state index contributed by atoms with van der Waals surface area (Å²) in [6, 6.07) is 4.33. The summed E-state index contributed by atoms with van der Waals surface area (Å²) in [6.45, 7) is 11.3. The molecule has 1 fully saturated rings. The van der Waals surface area contributed by atoms with E-state index in [9.17, 15) is 4.79 Å². The fourth-order valence-electron chi connectivity index (χ4n) is 2.61. The van der Waals surface area contributed by atoms with Gasteiger partial charge in [0, 0.05) is 6.54 Å². The number of thiophene rings is 1. The molecule has 6 heteroatoms. The highest BCUT2D eigenvalue weighted by atomic mass is 79.9. The fourth-order valence-corrected chi connectivity index (χ4v) is 4.17. The summed E-state index contributed by atoms with van der Waals surface area (Å²) in [4.78, 5) is 16.3. The largest absolute Gasteiger partial charge is 0.351 e. The van der Waals surface area contributed by atoms with Crippen molar-refractivity contribution in [2.24, 2.45) is 5.92 Å². The number of hydrogen-bond donors (Lipinski definition) is 3. The quantitative estimate of drug-likeness (QED) is 0.619. The Hall–Kier alpha value is -0.430. The van der Waals surface area contributed by atoms with E-state index in [1.807, 2.05) is 11.3 Å². The molecule has 0 radical (unpaired) electrons. The minimum absolute atomic E-state index is 0.198. The third-order valence-electron chi connectivity index (χ3n) is 3.84. The molecule has 0 unspecified atom stereocenters. The Balaban J connectivity index is 1.67. The van der Waals surface area contributed by atoms with E-state index in [1.165, 1.54) is 13.6 Å². The number of amides is 1. The Morgan fingerprint density at radius 1 is 1.29 bits per heavy atom. The summed E-state index contributed by atoms with van der Waals surface area (Å²) in [5, 5.41) is 3.01. The number of carbonyl (C=O) groups is 1. The lowest BCUT2D eigenvalue weighted by Gasteiger charge is -2.29. The molecule has 3 N–H and O–H groups in total. The molecule has 4 nitrogen and oxygen atoms in total. The van der Waals surface area contributed by atoms with Gasteiger partial charge in [0.25, 0.3) is 5.91 Å². The van der Waals surface area contributed by atoms with Gasteiger partial charge in [-0.05, 0) is 34.0 Å². The van der Waals surface area contributed by atoms with Crippen LogP contribution in [0.25, 0.3) is 0 Å². The molecule has 0 saturated carbocycles. The number of piperazine rings is 1. The van der Waals surface area contributed by atoms with E-state index in [1.54, 1.807) is 4.90 Å². The standard InChI is InChI=1S/C15H24BrN3OS/c1-12(2)9-17-15(20)11-19-7-5-18(6-8-19)10-13-3-4-14(16)21-13/h3-4,12H,5-11H2,1-2H3,(H,17,20)/p+2. The van der Waals surface area contributed by atoms with E-state index in [-0.39, 0.29) is 5.91 Å². The fraction of sp³-hybridized carbons (Fsp3) is 0.667. The molecule has 118 valence electrons. The molecule has 1 saturated heterocycles. The molecule has 1 aliphatic rings. The van der Waals surface area contributed by atoms with Gasteiger partial charge in [0.1, 0.15) is 32.7 Å². The van der Waals surface area contributed by atoms with Crippen LogP contribution >= 0.6 is 27.3 Å². The zero-order chi connectivity index (χ0) is 15.2. The molecule has 1 aliphatic heterocycles. The van der Waals surface area contributed by atoms with Crippen molar-refractivity contribution in [1.29, 1.82) is 0 Å². The van der Waals surface area contributed by atoms with Gasteiger partial charge < -0.3 is 15.1 Å². The first-order valence-electron chi connectivity index (χ1n) is 7.71. The topological polar surface area (TPSA) is 38.0 Å². The van der Waals surface area contributed by atoms with Crippen LogP contribution in [0.1, 0.15) is 18.7 Å². The Morgan fingerprint density at radius 3 is 2.52 bits per heavy atom. The second-order valence-corrected chi connectivity index (χ2v) is 8.80. The summed E-state index contributed by atoms with van der Waals surface area (Å²) in [5.74, 6) is 0.722. The highest BCUT2D eigenvalue weighted by molar-refractivity contribution is 9.11. The molecule has 0 aromatic carbocycles. The normalized spacial score (nSPS) is 22.5. The molecule has 1 aromatic heterocycles. The van der Waals surface area contributed by atoms with Gasteiger partial charge in [-0.15, -0.1) is 11.3 Å². The predicted molar refractivity (Wildman–Crippen MR) is 89.8 cm³/mol. The molecular weight excluding hydrogens is 350 g/mol. The molecule has 0 atom stereocenters. The molecule has 1 amide bonds. The molecule has 2 rings (SSSR count). The minimum Gasteiger partial charge on any atom is -0.351 e. The maximum atomic E-state index is 11.8. The summed E-state index contributed by atoms with van der Waals surface area (Å²) in [6.07, 6.45) is 0. The third-order valence-corrected chi connectivity index (χ3v) is 5.46. The molecule has 2 heterocycles. The summed E-state index contributed by atoms with van der Waals surface area (Å²) in [7, 11) is 0. The molecule has 21 heavy (non-hydrogen) atoms. The van der Waals surface area contributed by atoms with Gasteiger partial charge in [-0.2, -0.15) is 0 Å². The second kappa shape index (κ2) is 8.27. The van der Waals surface area contributed by atoms with Crippen LogP contribution in [0.4, 0.5) is 0 Å². The van der Waals surface area contributed by atoms with Gasteiger partial charge in [0.15, 0.2) is 6.54 Å². The average Bonchev–Trinajstić information content (AvgIpc) is 2.84. The van der Waals surface area contributed by atoms with Crippen molar-refractivity contribution in [2.45, 2.75) is 20.4 Å². The van der Waals surface area contributed by atoms with E-state index < -0.39 is 0 Å². The lowest BCUT2D eigenvalue weighted by atomic mass is 10.2. The zero-order valence-corrected chi connectivity index (χ0v) is 15.3. The van der Waals surface area contributed by atoms with Crippen LogP contribution in [0.5, 0.6) is 0 Å². The first kappa shape index (κ1) is 16.9. The van der Waals surface area contributed by atoms with E-state index in [0.717, 1.165) is 39.3 Å². The Morgan fingerprint density at radius 2 is 1.95 bits per heavy atom. The van der Waals surface area contributed by atoms with Crippen molar-refractivity contribution < 1.29 is 14.6 Å². The van der Waals surface area contributed by atoms with Crippen molar-refractivity contribution >= 4 is 33.2 Å². The van der Waals surface area contributed by atoms with Crippen LogP contribution in [0.15, 0.2) is 15.9 Å². The van der Waals surface area contributed by atoms with Crippen molar-refractivity contribution in [2.75, 3.05) is 39.3 Å². The lowest BCUT2D eigenvalue weighted by Crippen LogP contribution is -3.28. The zero-order valence-electron chi connectivity index (χ0n) is 12.9. The molecule has 0 aliphatic carbocycles. The second-order valence-electron chi connectivity index (χ2n) is 6.26.